The van der Waals surface area contributed by atoms with Crippen LogP contribution in [0.15, 0.2) is 59.7 Å². The number of methoxy groups -OCH3 is 1. The van der Waals surface area contributed by atoms with Crippen molar-refractivity contribution in [3.8, 4) is 16.9 Å². The number of aromatic nitrogens is 6. The summed E-state index contributed by atoms with van der Waals surface area (Å²) in [6.07, 6.45) is 11.3. The van der Waals surface area contributed by atoms with Gasteiger partial charge in [-0.1, -0.05) is 0 Å². The third-order valence-electron chi connectivity index (χ3n) is 9.32. The quantitative estimate of drug-likeness (QED) is 0.170. The lowest BCUT2D eigenvalue weighted by atomic mass is 9.98. The van der Waals surface area contributed by atoms with Crippen molar-refractivity contribution in [2.75, 3.05) is 68.8 Å². The number of halogens is 1. The summed E-state index contributed by atoms with van der Waals surface area (Å²) in [6.45, 7) is 10.3. The lowest BCUT2D eigenvalue weighted by molar-refractivity contribution is -0.0373. The molecular weight excluding hydrogens is 719 g/mol. The number of benzene rings is 2. The molecule has 0 saturated carbocycles. The van der Waals surface area contributed by atoms with Crippen molar-refractivity contribution >= 4 is 68.2 Å². The predicted octanol–water partition coefficient (Wildman–Crippen LogP) is 6.02. The minimum atomic E-state index is -2.77. The minimum Gasteiger partial charge on any atom is -0.494 e. The second-order valence-electron chi connectivity index (χ2n) is 13.2. The van der Waals surface area contributed by atoms with Crippen LogP contribution in [-0.2, 0) is 16.3 Å². The molecule has 3 aromatic heterocycles. The Morgan fingerprint density at radius 1 is 1.02 bits per heavy atom. The van der Waals surface area contributed by atoms with Crippen LogP contribution in [0, 0.1) is 0 Å². The van der Waals surface area contributed by atoms with Gasteiger partial charge in [0.2, 0.25) is 5.95 Å². The molecule has 0 aliphatic carbocycles. The Bertz CT molecular complexity index is 2060. The number of ether oxygens (including phenoxy) is 2. The highest BCUT2D eigenvalue weighted by atomic mass is 79.9. The molecule has 2 saturated heterocycles. The molecule has 1 atom stereocenters. The van der Waals surface area contributed by atoms with E-state index in [4.69, 9.17) is 14.5 Å². The molecule has 0 amide bonds. The van der Waals surface area contributed by atoms with E-state index >= 15 is 0 Å². The molecule has 2 aromatic carbocycles. The van der Waals surface area contributed by atoms with Gasteiger partial charge in [0.15, 0.2) is 0 Å². The number of aryl methyl sites for hydroxylation is 1. The number of morpholine rings is 1. The topological polar surface area (TPSA) is 135 Å². The molecule has 15 heteroatoms. The highest BCUT2D eigenvalue weighted by Crippen LogP contribution is 2.43. The van der Waals surface area contributed by atoms with Crippen molar-refractivity contribution < 1.29 is 14.0 Å². The Balaban J connectivity index is 1.19. The van der Waals surface area contributed by atoms with Gasteiger partial charge in [-0.05, 0) is 67.2 Å². The third kappa shape index (κ3) is 7.20. The van der Waals surface area contributed by atoms with E-state index in [1.165, 1.54) is 0 Å². The predicted molar refractivity (Wildman–Crippen MR) is 202 cm³/mol. The van der Waals surface area contributed by atoms with Crippen LogP contribution in [-0.4, -0.2) is 100.0 Å². The minimum absolute atomic E-state index is 0.280. The molecule has 5 heterocycles. The molecular formula is C35H42BrN10O3P. The zero-order valence-corrected chi connectivity index (χ0v) is 31.4. The molecule has 0 bridgehead atoms. The number of hydrogen-bond acceptors (Lipinski definition) is 12. The van der Waals surface area contributed by atoms with Gasteiger partial charge in [0.05, 0.1) is 52.7 Å². The summed E-state index contributed by atoms with van der Waals surface area (Å²) in [5.41, 5.74) is 5.78. The highest BCUT2D eigenvalue weighted by Gasteiger charge is 2.30. The van der Waals surface area contributed by atoms with E-state index in [2.05, 4.69) is 75.5 Å². The first-order chi connectivity index (χ1) is 24.1. The summed E-state index contributed by atoms with van der Waals surface area (Å²) in [5.74, 6) is 1.53. The normalized spacial score (nSPS) is 17.6. The van der Waals surface area contributed by atoms with Crippen LogP contribution in [0.4, 0.5) is 28.8 Å². The molecule has 13 nitrogen and oxygen atoms in total. The van der Waals surface area contributed by atoms with Crippen LogP contribution in [0.1, 0.15) is 19.8 Å². The van der Waals surface area contributed by atoms with Gasteiger partial charge in [0.1, 0.15) is 24.2 Å². The molecule has 0 unspecified atom stereocenters. The van der Waals surface area contributed by atoms with E-state index < -0.39 is 7.14 Å². The van der Waals surface area contributed by atoms with E-state index in [0.29, 0.717) is 55.7 Å². The zero-order valence-electron chi connectivity index (χ0n) is 28.9. The van der Waals surface area contributed by atoms with Crippen molar-refractivity contribution in [2.24, 2.45) is 7.05 Å². The molecule has 5 aromatic rings. The number of piperidine rings is 1. The average Bonchev–Trinajstić information content (AvgIpc) is 3.55. The molecule has 2 fully saturated rings. The van der Waals surface area contributed by atoms with Gasteiger partial charge >= 0.3 is 0 Å². The Kier molecular flexibility index (Phi) is 9.80. The van der Waals surface area contributed by atoms with Gasteiger partial charge in [0, 0.05) is 86.9 Å². The summed E-state index contributed by atoms with van der Waals surface area (Å²) in [6, 6.07) is 8.46. The van der Waals surface area contributed by atoms with Crippen LogP contribution in [0.3, 0.4) is 0 Å². The van der Waals surface area contributed by atoms with Crippen molar-refractivity contribution in [3.63, 3.8) is 0 Å². The number of fused-ring (bicyclic) bond motifs is 1. The van der Waals surface area contributed by atoms with Gasteiger partial charge in [-0.25, -0.2) is 4.98 Å². The summed E-state index contributed by atoms with van der Waals surface area (Å²) >= 11 is 3.60. The molecule has 7 rings (SSSR count). The lowest BCUT2D eigenvalue weighted by Crippen LogP contribution is -2.51. The smallest absolute Gasteiger partial charge is 0.229 e. The first kappa shape index (κ1) is 34.4. The number of nitrogens with zero attached hydrogens (tertiary/aromatic N) is 8. The van der Waals surface area contributed by atoms with E-state index in [1.807, 2.05) is 36.3 Å². The zero-order chi connectivity index (χ0) is 35.0. The number of rotatable bonds is 9. The maximum absolute atomic E-state index is 13.5. The second kappa shape index (κ2) is 14.3. The lowest BCUT2D eigenvalue weighted by Gasteiger charge is -2.42. The maximum Gasteiger partial charge on any atom is 0.229 e. The average molecular weight is 762 g/mol. The van der Waals surface area contributed by atoms with Gasteiger partial charge in [0.25, 0.3) is 0 Å². The number of nitrogens with one attached hydrogen (secondary N) is 2. The summed E-state index contributed by atoms with van der Waals surface area (Å²) in [5, 5.41) is 11.9. The van der Waals surface area contributed by atoms with Gasteiger partial charge in [-0.15, -0.1) is 0 Å². The number of anilines is 5. The van der Waals surface area contributed by atoms with Crippen molar-refractivity contribution in [1.29, 1.82) is 0 Å². The third-order valence-corrected chi connectivity index (χ3v) is 11.4. The first-order valence-corrected chi connectivity index (χ1v) is 20.1. The van der Waals surface area contributed by atoms with E-state index in [0.717, 1.165) is 62.4 Å². The van der Waals surface area contributed by atoms with Gasteiger partial charge in [-0.3, -0.25) is 19.5 Å². The molecule has 2 aliphatic rings. The van der Waals surface area contributed by atoms with Gasteiger partial charge in [-0.2, -0.15) is 10.1 Å². The van der Waals surface area contributed by atoms with Gasteiger partial charge < -0.3 is 29.6 Å². The Morgan fingerprint density at radius 3 is 2.54 bits per heavy atom. The van der Waals surface area contributed by atoms with Crippen molar-refractivity contribution in [3.05, 3.63) is 59.7 Å². The Labute approximate surface area is 300 Å². The van der Waals surface area contributed by atoms with Crippen LogP contribution >= 0.6 is 23.1 Å². The fraction of sp³-hybridized carbons (Fsp3) is 0.400. The van der Waals surface area contributed by atoms with E-state index in [1.54, 1.807) is 39.0 Å². The molecule has 2 aliphatic heterocycles. The molecule has 2 N–H and O–H groups in total. The number of hydrogen-bond donors (Lipinski definition) is 2. The fourth-order valence-electron chi connectivity index (χ4n) is 6.97. The van der Waals surface area contributed by atoms with Crippen LogP contribution in [0.5, 0.6) is 5.75 Å². The summed E-state index contributed by atoms with van der Waals surface area (Å²) in [7, 11) is 0.831. The summed E-state index contributed by atoms with van der Waals surface area (Å²) in [4.78, 5) is 23.4. The second-order valence-corrected chi connectivity index (χ2v) is 17.2. The molecule has 50 heavy (non-hydrogen) atoms. The SMILES string of the molecule is COc1cc(N2CCC(N3CCO[C@H](C)C3)CC2)c(-c2cnn(C)c2)cc1Nc1ncc(Br)c(Nc2ccc3nccnc3c2P(C)(C)=O)n1. The fourth-order valence-corrected chi connectivity index (χ4v) is 8.65. The van der Waals surface area contributed by atoms with Crippen LogP contribution < -0.4 is 25.6 Å². The Hall–Kier alpha value is -4.10. The monoisotopic (exact) mass is 760 g/mol. The van der Waals surface area contributed by atoms with E-state index in [9.17, 15) is 4.57 Å². The maximum atomic E-state index is 13.5. The van der Waals surface area contributed by atoms with Crippen LogP contribution in [0.2, 0.25) is 0 Å². The standard InChI is InChI=1S/C35H42BrN10O3P/c1-22-20-46(14-15-49-22)24-8-12-45(13-9-24)30-17-31(48-3)29(16-25(30)23-18-40-44(2)21-23)42-35-39-19-26(36)34(43-35)41-28-7-6-27-32(38-11-10-37-27)33(28)50(4,5)47/h6-7,10-11,16-19,21-22,24H,8-9,12-15,20H2,1-5H3,(H2,39,41,42,43)/t22-/m1/s1. The van der Waals surface area contributed by atoms with Crippen LogP contribution in [0.25, 0.3) is 22.2 Å². The summed E-state index contributed by atoms with van der Waals surface area (Å²) < 4.78 is 27.7. The first-order valence-electron chi connectivity index (χ1n) is 16.7. The molecule has 0 spiro atoms. The van der Waals surface area contributed by atoms with Crippen molar-refractivity contribution in [2.45, 2.75) is 31.9 Å². The molecule has 262 valence electrons. The van der Waals surface area contributed by atoms with E-state index in [-0.39, 0.29) is 6.10 Å². The highest BCUT2D eigenvalue weighted by molar-refractivity contribution is 9.10. The largest absolute Gasteiger partial charge is 0.494 e. The Morgan fingerprint density at radius 2 is 1.82 bits per heavy atom. The van der Waals surface area contributed by atoms with Crippen molar-refractivity contribution in [1.82, 2.24) is 34.6 Å². The molecule has 0 radical (unpaired) electrons.